The minimum absolute atomic E-state index is 0.0493. The predicted molar refractivity (Wildman–Crippen MR) is 79.0 cm³/mol. The minimum atomic E-state index is -0.0686. The molecule has 0 N–H and O–H groups in total. The van der Waals surface area contributed by atoms with Gasteiger partial charge in [0.2, 0.25) is 0 Å². The quantitative estimate of drug-likeness (QED) is 0.733. The van der Waals surface area contributed by atoms with Gasteiger partial charge in [-0.1, -0.05) is 34.6 Å². The minimum Gasteiger partial charge on any atom is -0.465 e. The van der Waals surface area contributed by atoms with Crippen molar-refractivity contribution in [2.45, 2.75) is 60.4 Å². The van der Waals surface area contributed by atoms with Gasteiger partial charge in [-0.05, 0) is 50.1 Å². The van der Waals surface area contributed by atoms with Crippen LogP contribution in [0.2, 0.25) is 0 Å². The van der Waals surface area contributed by atoms with E-state index >= 15 is 0 Å². The lowest BCUT2D eigenvalue weighted by Gasteiger charge is -2.42. The smallest absolute Gasteiger partial charge is 0.323 e. The zero-order valence-electron chi connectivity index (χ0n) is 13.5. The molecule has 1 unspecified atom stereocenters. The molecular weight excluding hydrogens is 238 g/mol. The van der Waals surface area contributed by atoms with Crippen LogP contribution >= 0.6 is 0 Å². The summed E-state index contributed by atoms with van der Waals surface area (Å²) in [6.07, 6.45) is 2.37. The highest BCUT2D eigenvalue weighted by molar-refractivity contribution is 5.76. The summed E-state index contributed by atoms with van der Waals surface area (Å²) in [5.74, 6) is 1.02. The first-order valence-electron chi connectivity index (χ1n) is 7.68. The number of piperidine rings is 1. The van der Waals surface area contributed by atoms with Gasteiger partial charge in [-0.3, -0.25) is 9.69 Å². The van der Waals surface area contributed by atoms with Crippen LogP contribution in [0.3, 0.4) is 0 Å². The number of hydrogen-bond acceptors (Lipinski definition) is 3. The standard InChI is InChI=1S/C16H31NO2/c1-7-19-15(18)14(12(2)3)17-10-8-13(9-11-17)16(4,5)6/h12-14H,7-11H2,1-6H3. The third-order valence-electron chi connectivity index (χ3n) is 4.31. The Labute approximate surface area is 118 Å². The summed E-state index contributed by atoms with van der Waals surface area (Å²) in [5, 5.41) is 0. The van der Waals surface area contributed by atoms with Crippen molar-refractivity contribution < 1.29 is 9.53 Å². The first-order valence-corrected chi connectivity index (χ1v) is 7.68. The normalized spacial score (nSPS) is 20.6. The van der Waals surface area contributed by atoms with Crippen LogP contribution in [0.15, 0.2) is 0 Å². The van der Waals surface area contributed by atoms with Gasteiger partial charge in [-0.2, -0.15) is 0 Å². The molecule has 0 aromatic rings. The fourth-order valence-electron chi connectivity index (χ4n) is 3.11. The number of rotatable bonds is 4. The lowest BCUT2D eigenvalue weighted by Crippen LogP contribution is -2.50. The largest absolute Gasteiger partial charge is 0.465 e. The van der Waals surface area contributed by atoms with Crippen LogP contribution in [0.4, 0.5) is 0 Å². The lowest BCUT2D eigenvalue weighted by atomic mass is 9.75. The molecule has 1 saturated heterocycles. The van der Waals surface area contributed by atoms with Gasteiger partial charge in [0.05, 0.1) is 6.61 Å². The summed E-state index contributed by atoms with van der Waals surface area (Å²) in [4.78, 5) is 14.4. The molecule has 1 heterocycles. The molecule has 112 valence electrons. The van der Waals surface area contributed by atoms with E-state index in [-0.39, 0.29) is 12.0 Å². The Bertz CT molecular complexity index is 286. The molecule has 1 aliphatic rings. The van der Waals surface area contributed by atoms with Crippen molar-refractivity contribution in [2.24, 2.45) is 17.3 Å². The Hall–Kier alpha value is -0.570. The molecule has 3 heteroatoms. The van der Waals surface area contributed by atoms with E-state index in [0.717, 1.165) is 19.0 Å². The van der Waals surface area contributed by atoms with E-state index in [0.29, 0.717) is 17.9 Å². The monoisotopic (exact) mass is 269 g/mol. The van der Waals surface area contributed by atoms with Crippen LogP contribution in [0.25, 0.3) is 0 Å². The molecular formula is C16H31NO2. The molecule has 0 radical (unpaired) electrons. The van der Waals surface area contributed by atoms with E-state index in [1.807, 2.05) is 6.92 Å². The number of carbonyl (C=O) groups is 1. The van der Waals surface area contributed by atoms with Crippen molar-refractivity contribution in [2.75, 3.05) is 19.7 Å². The van der Waals surface area contributed by atoms with E-state index in [2.05, 4.69) is 39.5 Å². The SMILES string of the molecule is CCOC(=O)C(C(C)C)N1CCC(C(C)(C)C)CC1. The molecule has 1 aliphatic heterocycles. The van der Waals surface area contributed by atoms with Crippen molar-refractivity contribution in [3.05, 3.63) is 0 Å². The van der Waals surface area contributed by atoms with E-state index in [9.17, 15) is 4.79 Å². The Kier molecular flexibility index (Phi) is 5.84. The maximum atomic E-state index is 12.1. The highest BCUT2D eigenvalue weighted by atomic mass is 16.5. The number of hydrogen-bond donors (Lipinski definition) is 0. The van der Waals surface area contributed by atoms with Gasteiger partial charge in [0.25, 0.3) is 0 Å². The summed E-state index contributed by atoms with van der Waals surface area (Å²) in [7, 11) is 0. The van der Waals surface area contributed by atoms with Crippen molar-refractivity contribution >= 4 is 5.97 Å². The average molecular weight is 269 g/mol. The van der Waals surface area contributed by atoms with Gasteiger partial charge in [0, 0.05) is 0 Å². The second kappa shape index (κ2) is 6.74. The molecule has 0 aliphatic carbocycles. The molecule has 1 rings (SSSR count). The first-order chi connectivity index (χ1) is 8.77. The molecule has 1 fully saturated rings. The maximum Gasteiger partial charge on any atom is 0.323 e. The Morgan fingerprint density at radius 2 is 1.79 bits per heavy atom. The van der Waals surface area contributed by atoms with Gasteiger partial charge in [0.15, 0.2) is 0 Å². The van der Waals surface area contributed by atoms with Gasteiger partial charge in [-0.15, -0.1) is 0 Å². The van der Waals surface area contributed by atoms with E-state index in [1.165, 1.54) is 12.8 Å². The van der Waals surface area contributed by atoms with Gasteiger partial charge < -0.3 is 4.74 Å². The third kappa shape index (κ3) is 4.48. The van der Waals surface area contributed by atoms with Gasteiger partial charge in [0.1, 0.15) is 6.04 Å². The number of likely N-dealkylation sites (tertiary alicyclic amines) is 1. The van der Waals surface area contributed by atoms with E-state index in [1.54, 1.807) is 0 Å². The third-order valence-corrected chi connectivity index (χ3v) is 4.31. The summed E-state index contributed by atoms with van der Waals surface area (Å²) in [6.45, 7) is 15.6. The van der Waals surface area contributed by atoms with E-state index < -0.39 is 0 Å². The topological polar surface area (TPSA) is 29.5 Å². The van der Waals surface area contributed by atoms with Crippen molar-refractivity contribution in [1.29, 1.82) is 0 Å². The molecule has 19 heavy (non-hydrogen) atoms. The van der Waals surface area contributed by atoms with Crippen LogP contribution in [-0.2, 0) is 9.53 Å². The molecule has 1 atom stereocenters. The number of esters is 1. The fourth-order valence-corrected chi connectivity index (χ4v) is 3.11. The Morgan fingerprint density at radius 3 is 2.16 bits per heavy atom. The predicted octanol–water partition coefficient (Wildman–Crippen LogP) is 3.33. The number of carbonyl (C=O) groups excluding carboxylic acids is 1. The zero-order chi connectivity index (χ0) is 14.6. The van der Waals surface area contributed by atoms with Crippen LogP contribution < -0.4 is 0 Å². The summed E-state index contributed by atoms with van der Waals surface area (Å²) < 4.78 is 5.23. The van der Waals surface area contributed by atoms with Crippen LogP contribution in [-0.4, -0.2) is 36.6 Å². The van der Waals surface area contributed by atoms with Crippen molar-refractivity contribution in [3.63, 3.8) is 0 Å². The van der Waals surface area contributed by atoms with Gasteiger partial charge >= 0.3 is 5.97 Å². The van der Waals surface area contributed by atoms with E-state index in [4.69, 9.17) is 4.74 Å². The van der Waals surface area contributed by atoms with Gasteiger partial charge in [-0.25, -0.2) is 0 Å². The molecule has 3 nitrogen and oxygen atoms in total. The van der Waals surface area contributed by atoms with Crippen molar-refractivity contribution in [1.82, 2.24) is 4.90 Å². The molecule has 0 spiro atoms. The summed E-state index contributed by atoms with van der Waals surface area (Å²) in [6, 6.07) is -0.0686. The highest BCUT2D eigenvalue weighted by Crippen LogP contribution is 2.35. The average Bonchev–Trinajstić information content (AvgIpc) is 2.28. The number of nitrogens with zero attached hydrogens (tertiary/aromatic N) is 1. The second-order valence-corrected chi connectivity index (χ2v) is 7.12. The summed E-state index contributed by atoms with van der Waals surface area (Å²) >= 11 is 0. The maximum absolute atomic E-state index is 12.1. The van der Waals surface area contributed by atoms with Crippen LogP contribution in [0.1, 0.15) is 54.4 Å². The Morgan fingerprint density at radius 1 is 1.26 bits per heavy atom. The summed E-state index contributed by atoms with van der Waals surface area (Å²) in [5.41, 5.74) is 0.378. The molecule has 0 bridgehead atoms. The fraction of sp³-hybridized carbons (Fsp3) is 0.938. The first kappa shape index (κ1) is 16.5. The molecule has 0 aromatic heterocycles. The molecule has 0 aromatic carbocycles. The molecule has 0 saturated carbocycles. The van der Waals surface area contributed by atoms with Crippen molar-refractivity contribution in [3.8, 4) is 0 Å². The zero-order valence-corrected chi connectivity index (χ0v) is 13.5. The highest BCUT2D eigenvalue weighted by Gasteiger charge is 2.35. The van der Waals surface area contributed by atoms with Crippen LogP contribution in [0.5, 0.6) is 0 Å². The van der Waals surface area contributed by atoms with Crippen LogP contribution in [0, 0.1) is 17.3 Å². The molecule has 0 amide bonds. The lowest BCUT2D eigenvalue weighted by molar-refractivity contribution is -0.152. The number of ether oxygens (including phenoxy) is 1. The second-order valence-electron chi connectivity index (χ2n) is 7.12. The Balaban J connectivity index is 2.62.